The molecular weight excluding hydrogens is 467 g/mol. The molecule has 0 radical (unpaired) electrons. The molecule has 4 nitrogen and oxygen atoms in total. The Morgan fingerprint density at radius 2 is 1.69 bits per heavy atom. The fourth-order valence-corrected chi connectivity index (χ4v) is 4.28. The predicted octanol–water partition coefficient (Wildman–Crippen LogP) is 7.11. The van der Waals surface area contributed by atoms with E-state index in [1.54, 1.807) is 29.0 Å². The first-order valence-electron chi connectivity index (χ1n) is 9.91. The Kier molecular flexibility index (Phi) is 6.85. The Bertz CT molecular complexity index is 1300. The molecule has 0 atom stereocenters. The number of aryl methyl sites for hydroxylation is 1. The summed E-state index contributed by atoms with van der Waals surface area (Å²) in [5, 5.41) is 8.08. The van der Waals surface area contributed by atoms with Gasteiger partial charge in [-0.2, -0.15) is 5.10 Å². The zero-order valence-corrected chi connectivity index (χ0v) is 19.5. The maximum atomic E-state index is 12.3. The highest BCUT2D eigenvalue weighted by Crippen LogP contribution is 2.28. The van der Waals surface area contributed by atoms with Crippen LogP contribution in [0.2, 0.25) is 15.2 Å². The van der Waals surface area contributed by atoms with E-state index >= 15 is 0 Å². The van der Waals surface area contributed by atoms with E-state index in [1.165, 1.54) is 6.08 Å². The summed E-state index contributed by atoms with van der Waals surface area (Å²) in [6.07, 6.45) is 2.97. The van der Waals surface area contributed by atoms with Crippen molar-refractivity contribution in [1.82, 2.24) is 9.78 Å². The molecule has 0 aliphatic rings. The molecule has 0 spiro atoms. The first-order chi connectivity index (χ1) is 15.4. The van der Waals surface area contributed by atoms with E-state index in [2.05, 4.69) is 5.10 Å². The van der Waals surface area contributed by atoms with E-state index < -0.39 is 5.97 Å². The number of carbonyl (C=O) groups excluding carboxylic acids is 1. The first-order valence-corrected chi connectivity index (χ1v) is 11.0. The molecule has 32 heavy (non-hydrogen) atoms. The maximum Gasteiger partial charge on any atom is 0.331 e. The third-order valence-electron chi connectivity index (χ3n) is 5.11. The molecule has 0 N–H and O–H groups in total. The van der Waals surface area contributed by atoms with Crippen molar-refractivity contribution >= 4 is 57.6 Å². The van der Waals surface area contributed by atoms with Crippen LogP contribution in [0.25, 0.3) is 16.8 Å². The predicted molar refractivity (Wildman–Crippen MR) is 130 cm³/mol. The van der Waals surface area contributed by atoms with Crippen molar-refractivity contribution in [2.75, 3.05) is 0 Å². The lowest BCUT2D eigenvalue weighted by atomic mass is 10.1. The Labute approximate surface area is 201 Å². The molecule has 3 aromatic carbocycles. The molecule has 1 aromatic heterocycles. The monoisotopic (exact) mass is 484 g/mol. The van der Waals surface area contributed by atoms with Gasteiger partial charge in [0.05, 0.1) is 12.2 Å². The van der Waals surface area contributed by atoms with Crippen LogP contribution >= 0.6 is 34.8 Å². The molecule has 162 valence electrons. The molecule has 0 bridgehead atoms. The fraction of sp³-hybridized carbons (Fsp3) is 0.120. The van der Waals surface area contributed by atoms with E-state index in [9.17, 15) is 4.79 Å². The minimum atomic E-state index is -0.463. The average molecular weight is 486 g/mol. The number of aromatic nitrogens is 2. The van der Waals surface area contributed by atoms with Crippen molar-refractivity contribution in [3.8, 4) is 0 Å². The third kappa shape index (κ3) is 4.83. The lowest BCUT2D eigenvalue weighted by Gasteiger charge is -2.08. The van der Waals surface area contributed by atoms with Gasteiger partial charge in [-0.3, -0.25) is 0 Å². The van der Waals surface area contributed by atoms with E-state index in [0.29, 0.717) is 33.0 Å². The summed E-state index contributed by atoms with van der Waals surface area (Å²) < 4.78 is 7.04. The molecule has 0 fully saturated rings. The highest BCUT2D eigenvalue weighted by atomic mass is 35.5. The van der Waals surface area contributed by atoms with E-state index in [4.69, 9.17) is 39.5 Å². The number of ether oxygens (including phenoxy) is 1. The summed E-state index contributed by atoms with van der Waals surface area (Å²) in [6, 6.07) is 19.2. The second-order valence-corrected chi connectivity index (χ2v) is 8.40. The number of fused-ring (bicyclic) bond motifs is 1. The number of halogens is 3. The average Bonchev–Trinajstić information content (AvgIpc) is 3.05. The van der Waals surface area contributed by atoms with Gasteiger partial charge in [0.1, 0.15) is 11.8 Å². The van der Waals surface area contributed by atoms with E-state index in [-0.39, 0.29) is 6.61 Å². The highest BCUT2D eigenvalue weighted by molar-refractivity contribution is 6.36. The van der Waals surface area contributed by atoms with Gasteiger partial charge in [-0.15, -0.1) is 0 Å². The molecule has 0 aliphatic heterocycles. The van der Waals surface area contributed by atoms with Crippen molar-refractivity contribution in [1.29, 1.82) is 0 Å². The van der Waals surface area contributed by atoms with Gasteiger partial charge in [0.25, 0.3) is 0 Å². The van der Waals surface area contributed by atoms with Gasteiger partial charge in [0.15, 0.2) is 0 Å². The number of hydrogen-bond donors (Lipinski definition) is 0. The topological polar surface area (TPSA) is 44.1 Å². The summed E-state index contributed by atoms with van der Waals surface area (Å²) in [4.78, 5) is 12.3. The fourth-order valence-electron chi connectivity index (χ4n) is 3.46. The molecular formula is C25H19Cl3N2O2. The quantitative estimate of drug-likeness (QED) is 0.216. The van der Waals surface area contributed by atoms with Crippen molar-refractivity contribution in [2.45, 2.75) is 20.1 Å². The minimum Gasteiger partial charge on any atom is -0.458 e. The van der Waals surface area contributed by atoms with Crippen molar-refractivity contribution in [3.05, 3.63) is 104 Å². The molecule has 0 saturated carbocycles. The van der Waals surface area contributed by atoms with E-state index in [0.717, 1.165) is 21.9 Å². The molecule has 1 heterocycles. The van der Waals surface area contributed by atoms with Crippen molar-refractivity contribution in [3.63, 3.8) is 0 Å². The van der Waals surface area contributed by atoms with Crippen LogP contribution in [0, 0.1) is 6.92 Å². The van der Waals surface area contributed by atoms with Gasteiger partial charge in [0.2, 0.25) is 0 Å². The number of esters is 1. The van der Waals surface area contributed by atoms with Crippen LogP contribution in [-0.2, 0) is 22.7 Å². The van der Waals surface area contributed by atoms with Crippen LogP contribution in [0.15, 0.2) is 66.7 Å². The SMILES string of the molecule is Cc1nn(Cc2c(Cl)cccc2Cl)c(Cl)c1C=CC(=O)OCc1cccc2ccccc12. The lowest BCUT2D eigenvalue weighted by Crippen LogP contribution is -2.03. The van der Waals surface area contributed by atoms with Gasteiger partial charge in [-0.25, -0.2) is 9.48 Å². The molecule has 0 unspecified atom stereocenters. The zero-order chi connectivity index (χ0) is 22.7. The van der Waals surface area contributed by atoms with Gasteiger partial charge >= 0.3 is 5.97 Å². The lowest BCUT2D eigenvalue weighted by molar-refractivity contribution is -0.138. The van der Waals surface area contributed by atoms with Crippen LogP contribution < -0.4 is 0 Å². The number of carbonyl (C=O) groups is 1. The second kappa shape index (κ2) is 9.78. The Balaban J connectivity index is 1.47. The summed E-state index contributed by atoms with van der Waals surface area (Å²) >= 11 is 19.0. The van der Waals surface area contributed by atoms with Gasteiger partial charge in [0, 0.05) is 27.2 Å². The van der Waals surface area contributed by atoms with Gasteiger partial charge < -0.3 is 4.74 Å². The Hall–Kier alpha value is -2.79. The van der Waals surface area contributed by atoms with Crippen LogP contribution in [0.5, 0.6) is 0 Å². The molecule has 0 aliphatic carbocycles. The van der Waals surface area contributed by atoms with Gasteiger partial charge in [-0.05, 0) is 41.5 Å². The molecule has 4 rings (SSSR count). The number of hydrogen-bond acceptors (Lipinski definition) is 3. The van der Waals surface area contributed by atoms with Gasteiger partial charge in [-0.1, -0.05) is 83.3 Å². The first kappa shape index (κ1) is 22.4. The molecule has 4 aromatic rings. The number of benzene rings is 3. The summed E-state index contributed by atoms with van der Waals surface area (Å²) in [5.74, 6) is -0.463. The molecule has 0 amide bonds. The zero-order valence-electron chi connectivity index (χ0n) is 17.2. The van der Waals surface area contributed by atoms with Crippen LogP contribution in [0.1, 0.15) is 22.4 Å². The summed E-state index contributed by atoms with van der Waals surface area (Å²) in [6.45, 7) is 2.32. The third-order valence-corrected chi connectivity index (χ3v) is 6.22. The normalized spacial score (nSPS) is 11.4. The number of rotatable bonds is 6. The van der Waals surface area contributed by atoms with Crippen LogP contribution in [0.3, 0.4) is 0 Å². The van der Waals surface area contributed by atoms with Crippen LogP contribution in [-0.4, -0.2) is 15.7 Å². The Morgan fingerprint density at radius 3 is 2.47 bits per heavy atom. The summed E-state index contributed by atoms with van der Waals surface area (Å²) in [7, 11) is 0. The van der Waals surface area contributed by atoms with Crippen LogP contribution in [0.4, 0.5) is 0 Å². The summed E-state index contributed by atoms with van der Waals surface area (Å²) in [5.41, 5.74) is 2.99. The highest BCUT2D eigenvalue weighted by Gasteiger charge is 2.15. The van der Waals surface area contributed by atoms with Crippen molar-refractivity contribution in [2.24, 2.45) is 0 Å². The Morgan fingerprint density at radius 1 is 1.00 bits per heavy atom. The van der Waals surface area contributed by atoms with E-state index in [1.807, 2.05) is 49.4 Å². The smallest absolute Gasteiger partial charge is 0.331 e. The number of nitrogens with zero attached hydrogens (tertiary/aromatic N) is 2. The standard InChI is InChI=1S/C25H19Cl3N2O2/c1-16-19(25(28)30(29-16)14-21-22(26)10-5-11-23(21)27)12-13-24(31)32-15-18-8-4-7-17-6-2-3-9-20(17)18/h2-13H,14-15H2,1H3. The molecule has 0 saturated heterocycles. The maximum absolute atomic E-state index is 12.3. The van der Waals surface area contributed by atoms with Crippen molar-refractivity contribution < 1.29 is 9.53 Å². The second-order valence-electron chi connectivity index (χ2n) is 7.23. The molecule has 7 heteroatoms. The minimum absolute atomic E-state index is 0.182. The largest absolute Gasteiger partial charge is 0.458 e.